The van der Waals surface area contributed by atoms with Crippen molar-refractivity contribution < 1.29 is 0 Å². The molecule has 0 aliphatic carbocycles. The van der Waals surface area contributed by atoms with Gasteiger partial charge >= 0.3 is 0 Å². The van der Waals surface area contributed by atoms with E-state index in [1.165, 1.54) is 5.56 Å². The van der Waals surface area contributed by atoms with Crippen LogP contribution in [0.4, 0.5) is 5.69 Å². The highest BCUT2D eigenvalue weighted by atomic mass is 15.1. The zero-order chi connectivity index (χ0) is 19.6. The van der Waals surface area contributed by atoms with Crippen LogP contribution in [-0.4, -0.2) is 4.98 Å². The molecule has 3 nitrogen and oxygen atoms in total. The molecule has 4 aromatic rings. The number of nitriles is 1. The summed E-state index contributed by atoms with van der Waals surface area (Å²) < 4.78 is 0. The van der Waals surface area contributed by atoms with Crippen LogP contribution in [0.15, 0.2) is 97.2 Å². The lowest BCUT2D eigenvalue weighted by Crippen LogP contribution is -2.23. The second kappa shape index (κ2) is 7.26. The highest BCUT2D eigenvalue weighted by molar-refractivity contribution is 5.85. The van der Waals surface area contributed by atoms with Crippen molar-refractivity contribution in [2.75, 3.05) is 4.90 Å². The summed E-state index contributed by atoms with van der Waals surface area (Å²) in [6, 6.07) is 33.2. The third-order valence-corrected chi connectivity index (χ3v) is 5.38. The monoisotopic (exact) mass is 373 g/mol. The average molecular weight is 373 g/mol. The molecular formula is C26H19N3. The Morgan fingerprint density at radius 1 is 0.828 bits per heavy atom. The van der Waals surface area contributed by atoms with Gasteiger partial charge in [-0.2, -0.15) is 5.26 Å². The molecule has 0 fully saturated rings. The van der Waals surface area contributed by atoms with Crippen LogP contribution >= 0.6 is 0 Å². The Hall–Kier alpha value is -3.90. The van der Waals surface area contributed by atoms with E-state index in [4.69, 9.17) is 4.98 Å². The van der Waals surface area contributed by atoms with E-state index in [0.717, 1.165) is 40.0 Å². The standard InChI is InChI=1S/C26H19N3/c27-16-22-21-11-5-7-13-26(21)29(17-19-8-2-1-3-9-19)18-23(22)25-15-14-20-10-4-6-12-24(20)28-25/h1-15,18,22H,17H2. The number of anilines is 1. The van der Waals surface area contributed by atoms with E-state index in [0.29, 0.717) is 0 Å². The van der Waals surface area contributed by atoms with Gasteiger partial charge in [-0.05, 0) is 29.3 Å². The van der Waals surface area contributed by atoms with Crippen molar-refractivity contribution in [3.05, 3.63) is 114 Å². The summed E-state index contributed by atoms with van der Waals surface area (Å²) in [5.74, 6) is -0.341. The fourth-order valence-electron chi connectivity index (χ4n) is 3.96. The third kappa shape index (κ3) is 3.15. The number of nitrogens with zero attached hydrogens (tertiary/aromatic N) is 3. The number of allylic oxidation sites excluding steroid dienone is 1. The minimum absolute atomic E-state index is 0.341. The summed E-state index contributed by atoms with van der Waals surface area (Å²) in [5.41, 5.74) is 6.05. The molecule has 1 unspecified atom stereocenters. The van der Waals surface area contributed by atoms with Crippen molar-refractivity contribution in [3.8, 4) is 6.07 Å². The van der Waals surface area contributed by atoms with Gasteiger partial charge in [0.1, 0.15) is 5.92 Å². The molecule has 29 heavy (non-hydrogen) atoms. The molecule has 3 heteroatoms. The van der Waals surface area contributed by atoms with Gasteiger partial charge in [0.25, 0.3) is 0 Å². The van der Waals surface area contributed by atoms with Crippen molar-refractivity contribution in [2.24, 2.45) is 0 Å². The van der Waals surface area contributed by atoms with E-state index in [-0.39, 0.29) is 5.92 Å². The second-order valence-electron chi connectivity index (χ2n) is 7.21. The molecular weight excluding hydrogens is 354 g/mol. The number of rotatable bonds is 3. The van der Waals surface area contributed by atoms with Crippen LogP contribution in [0, 0.1) is 11.3 Å². The molecule has 0 amide bonds. The molecule has 1 aliphatic heterocycles. The van der Waals surface area contributed by atoms with Gasteiger partial charge in [-0.15, -0.1) is 0 Å². The zero-order valence-corrected chi connectivity index (χ0v) is 15.9. The van der Waals surface area contributed by atoms with E-state index in [2.05, 4.69) is 65.7 Å². The van der Waals surface area contributed by atoms with Crippen molar-refractivity contribution in [1.29, 1.82) is 5.26 Å². The number of benzene rings is 3. The van der Waals surface area contributed by atoms with Gasteiger partial charge in [0.2, 0.25) is 0 Å². The molecule has 0 radical (unpaired) electrons. The smallest absolute Gasteiger partial charge is 0.102 e. The Balaban J connectivity index is 1.65. The number of fused-ring (bicyclic) bond motifs is 2. The first-order valence-electron chi connectivity index (χ1n) is 9.70. The van der Waals surface area contributed by atoms with Gasteiger partial charge in [-0.3, -0.25) is 0 Å². The van der Waals surface area contributed by atoms with Crippen molar-refractivity contribution in [1.82, 2.24) is 4.98 Å². The second-order valence-corrected chi connectivity index (χ2v) is 7.21. The summed E-state index contributed by atoms with van der Waals surface area (Å²) in [5, 5.41) is 11.1. The molecule has 138 valence electrons. The van der Waals surface area contributed by atoms with E-state index >= 15 is 0 Å². The van der Waals surface area contributed by atoms with Crippen molar-refractivity contribution in [3.63, 3.8) is 0 Å². The van der Waals surface area contributed by atoms with Gasteiger partial charge in [0, 0.05) is 29.4 Å². The summed E-state index contributed by atoms with van der Waals surface area (Å²) >= 11 is 0. The first-order chi connectivity index (χ1) is 14.3. The van der Waals surface area contributed by atoms with Crippen LogP contribution in [0.3, 0.4) is 0 Å². The topological polar surface area (TPSA) is 39.9 Å². The minimum Gasteiger partial charge on any atom is -0.343 e. The Morgan fingerprint density at radius 3 is 2.45 bits per heavy atom. The SMILES string of the molecule is N#CC1C(c2ccc3ccccc3n2)=CN(Cc2ccccc2)c2ccccc21. The average Bonchev–Trinajstić information content (AvgIpc) is 2.79. The lowest BCUT2D eigenvalue weighted by Gasteiger charge is -2.32. The lowest BCUT2D eigenvalue weighted by molar-refractivity contribution is 0.916. The van der Waals surface area contributed by atoms with Gasteiger partial charge in [-0.25, -0.2) is 4.98 Å². The molecule has 0 bridgehead atoms. The zero-order valence-electron chi connectivity index (χ0n) is 15.9. The quantitative estimate of drug-likeness (QED) is 0.449. The first kappa shape index (κ1) is 17.2. The predicted octanol–water partition coefficient (Wildman–Crippen LogP) is 5.90. The number of hydrogen-bond donors (Lipinski definition) is 0. The maximum Gasteiger partial charge on any atom is 0.102 e. The highest BCUT2D eigenvalue weighted by Crippen LogP contribution is 2.42. The molecule has 1 aromatic heterocycles. The highest BCUT2D eigenvalue weighted by Gasteiger charge is 2.28. The normalized spacial score (nSPS) is 15.5. The Bertz CT molecular complexity index is 1250. The molecule has 2 heterocycles. The van der Waals surface area contributed by atoms with Crippen LogP contribution in [0.25, 0.3) is 16.5 Å². The predicted molar refractivity (Wildman–Crippen MR) is 117 cm³/mol. The summed E-state index contributed by atoms with van der Waals surface area (Å²) in [6.07, 6.45) is 2.10. The van der Waals surface area contributed by atoms with Crippen molar-refractivity contribution in [2.45, 2.75) is 12.5 Å². The van der Waals surface area contributed by atoms with Gasteiger partial charge < -0.3 is 4.90 Å². The molecule has 0 saturated carbocycles. The van der Waals surface area contributed by atoms with Crippen LogP contribution in [-0.2, 0) is 6.54 Å². The fraction of sp³-hybridized carbons (Fsp3) is 0.0769. The number of para-hydroxylation sites is 2. The van der Waals surface area contributed by atoms with E-state index in [9.17, 15) is 5.26 Å². The molecule has 0 N–H and O–H groups in total. The number of hydrogen-bond acceptors (Lipinski definition) is 3. The first-order valence-corrected chi connectivity index (χ1v) is 9.70. The van der Waals surface area contributed by atoms with Crippen LogP contribution < -0.4 is 4.90 Å². The van der Waals surface area contributed by atoms with E-state index < -0.39 is 0 Å². The lowest BCUT2D eigenvalue weighted by atomic mass is 9.86. The van der Waals surface area contributed by atoms with Crippen LogP contribution in [0.1, 0.15) is 22.7 Å². The van der Waals surface area contributed by atoms with E-state index in [1.54, 1.807) is 0 Å². The van der Waals surface area contributed by atoms with Gasteiger partial charge in [0.05, 0.1) is 17.3 Å². The Morgan fingerprint density at radius 2 is 1.59 bits per heavy atom. The maximum absolute atomic E-state index is 10.0. The molecule has 1 aliphatic rings. The molecule has 0 saturated heterocycles. The molecule has 3 aromatic carbocycles. The van der Waals surface area contributed by atoms with Crippen molar-refractivity contribution >= 4 is 22.2 Å². The third-order valence-electron chi connectivity index (χ3n) is 5.38. The van der Waals surface area contributed by atoms with Crippen LogP contribution in [0.2, 0.25) is 0 Å². The Labute approximate surface area is 170 Å². The molecule has 0 spiro atoms. The fourth-order valence-corrected chi connectivity index (χ4v) is 3.96. The summed E-state index contributed by atoms with van der Waals surface area (Å²) in [6.45, 7) is 0.743. The minimum atomic E-state index is -0.341. The van der Waals surface area contributed by atoms with E-state index in [1.807, 2.05) is 42.5 Å². The van der Waals surface area contributed by atoms with Crippen LogP contribution in [0.5, 0.6) is 0 Å². The maximum atomic E-state index is 10.0. The van der Waals surface area contributed by atoms with Gasteiger partial charge in [-0.1, -0.05) is 72.8 Å². The largest absolute Gasteiger partial charge is 0.343 e. The Kier molecular flexibility index (Phi) is 4.31. The summed E-state index contributed by atoms with van der Waals surface area (Å²) in [7, 11) is 0. The molecule has 1 atom stereocenters. The molecule has 5 rings (SSSR count). The van der Waals surface area contributed by atoms with Gasteiger partial charge in [0.15, 0.2) is 0 Å². The number of pyridine rings is 1. The number of aromatic nitrogens is 1. The summed E-state index contributed by atoms with van der Waals surface area (Å²) in [4.78, 5) is 7.09.